The summed E-state index contributed by atoms with van der Waals surface area (Å²) in [4.78, 5) is 22.5. The van der Waals surface area contributed by atoms with Gasteiger partial charge in [-0.25, -0.2) is 9.59 Å². The highest BCUT2D eigenvalue weighted by Crippen LogP contribution is 2.15. The van der Waals surface area contributed by atoms with E-state index in [2.05, 4.69) is 0 Å². The Bertz CT molecular complexity index is 502. The van der Waals surface area contributed by atoms with E-state index >= 15 is 0 Å². The summed E-state index contributed by atoms with van der Waals surface area (Å²) >= 11 is 0. The summed E-state index contributed by atoms with van der Waals surface area (Å²) in [5, 5.41) is 17.5. The van der Waals surface area contributed by atoms with E-state index in [1.807, 2.05) is 6.07 Å². The highest BCUT2D eigenvalue weighted by atomic mass is 16.5. The third-order valence-electron chi connectivity index (χ3n) is 2.35. The summed E-state index contributed by atoms with van der Waals surface area (Å²) in [6.45, 7) is 1.95. The van der Waals surface area contributed by atoms with Crippen LogP contribution in [0.2, 0.25) is 0 Å². The molecule has 0 fully saturated rings. The molecule has 0 heterocycles. The minimum absolute atomic E-state index is 0.110. The van der Waals surface area contributed by atoms with E-state index in [0.29, 0.717) is 17.5 Å². The number of esters is 1. The molecule has 0 atom stereocenters. The van der Waals surface area contributed by atoms with Crippen molar-refractivity contribution < 1.29 is 19.4 Å². The molecule has 0 aliphatic rings. The maximum absolute atomic E-state index is 11.5. The summed E-state index contributed by atoms with van der Waals surface area (Å²) in [6, 6.07) is 6.19. The van der Waals surface area contributed by atoms with Crippen molar-refractivity contribution in [1.29, 1.82) is 5.26 Å². The van der Waals surface area contributed by atoms with Gasteiger partial charge in [-0.2, -0.15) is 5.26 Å². The van der Waals surface area contributed by atoms with Crippen molar-refractivity contribution in [1.82, 2.24) is 0 Å². The Balaban J connectivity index is 3.09. The van der Waals surface area contributed by atoms with Crippen molar-refractivity contribution in [2.24, 2.45) is 0 Å². The summed E-state index contributed by atoms with van der Waals surface area (Å²) in [6.07, 6.45) is 0.498. The number of carboxylic acid groups (broad SMARTS) is 1. The Hall–Kier alpha value is -2.35. The number of benzene rings is 1. The van der Waals surface area contributed by atoms with E-state index < -0.39 is 11.9 Å². The second-order valence-corrected chi connectivity index (χ2v) is 3.56. The van der Waals surface area contributed by atoms with Gasteiger partial charge in [-0.1, -0.05) is 0 Å². The van der Waals surface area contributed by atoms with E-state index in [9.17, 15) is 9.59 Å². The van der Waals surface area contributed by atoms with Crippen LogP contribution in [0.4, 0.5) is 0 Å². The predicted molar refractivity (Wildman–Crippen MR) is 63.3 cm³/mol. The smallest absolute Gasteiger partial charge is 0.338 e. The molecule has 1 aromatic carbocycles. The largest absolute Gasteiger partial charge is 0.478 e. The molecule has 5 heteroatoms. The highest BCUT2D eigenvalue weighted by Gasteiger charge is 2.14. The third-order valence-corrected chi connectivity index (χ3v) is 2.35. The van der Waals surface area contributed by atoms with Crippen molar-refractivity contribution in [3.8, 4) is 6.07 Å². The molecule has 0 amide bonds. The van der Waals surface area contributed by atoms with Crippen LogP contribution in [-0.2, 0) is 11.2 Å². The molecule has 0 saturated heterocycles. The number of carbonyl (C=O) groups excluding carboxylic acids is 1. The second kappa shape index (κ2) is 6.40. The Kier molecular flexibility index (Phi) is 4.88. The lowest BCUT2D eigenvalue weighted by atomic mass is 10.00. The van der Waals surface area contributed by atoms with E-state index in [1.54, 1.807) is 6.92 Å². The van der Waals surface area contributed by atoms with Crippen LogP contribution < -0.4 is 0 Å². The van der Waals surface area contributed by atoms with Crippen LogP contribution in [0.25, 0.3) is 0 Å². The van der Waals surface area contributed by atoms with Crippen molar-refractivity contribution in [2.45, 2.75) is 19.8 Å². The van der Waals surface area contributed by atoms with Gasteiger partial charge in [0.05, 0.1) is 23.8 Å². The zero-order valence-corrected chi connectivity index (χ0v) is 9.97. The average Bonchev–Trinajstić information content (AvgIpc) is 2.36. The summed E-state index contributed by atoms with van der Waals surface area (Å²) in [5.74, 6) is -1.56. The zero-order valence-electron chi connectivity index (χ0n) is 9.97. The molecule has 0 aliphatic heterocycles. The van der Waals surface area contributed by atoms with Gasteiger partial charge < -0.3 is 9.84 Å². The molecule has 1 N–H and O–H groups in total. The first-order valence-electron chi connectivity index (χ1n) is 5.50. The van der Waals surface area contributed by atoms with Gasteiger partial charge in [0, 0.05) is 6.42 Å². The minimum Gasteiger partial charge on any atom is -0.478 e. The molecular weight excluding hydrogens is 234 g/mol. The average molecular weight is 247 g/mol. The molecule has 0 aliphatic carbocycles. The van der Waals surface area contributed by atoms with Gasteiger partial charge in [0.25, 0.3) is 0 Å². The zero-order chi connectivity index (χ0) is 13.5. The van der Waals surface area contributed by atoms with Crippen LogP contribution in [0.1, 0.15) is 39.6 Å². The molecule has 0 unspecified atom stereocenters. The van der Waals surface area contributed by atoms with Crippen molar-refractivity contribution in [3.63, 3.8) is 0 Å². The molecule has 0 spiro atoms. The van der Waals surface area contributed by atoms with E-state index in [0.717, 1.165) is 0 Å². The molecule has 94 valence electrons. The predicted octanol–water partition coefficient (Wildman–Crippen LogP) is 2.02. The maximum atomic E-state index is 11.5. The Labute approximate surface area is 105 Å². The van der Waals surface area contributed by atoms with Gasteiger partial charge in [0.1, 0.15) is 0 Å². The Morgan fingerprint density at radius 3 is 2.72 bits per heavy atom. The topological polar surface area (TPSA) is 87.4 Å². The van der Waals surface area contributed by atoms with Crippen LogP contribution in [-0.4, -0.2) is 23.7 Å². The number of carboxylic acids is 1. The second-order valence-electron chi connectivity index (χ2n) is 3.56. The SMILES string of the molecule is CCOC(=O)c1ccc(C(=O)O)c(CCC#N)c1. The van der Waals surface area contributed by atoms with Crippen LogP contribution >= 0.6 is 0 Å². The minimum atomic E-state index is -1.07. The van der Waals surface area contributed by atoms with E-state index in [4.69, 9.17) is 15.1 Å². The number of aromatic carboxylic acids is 1. The van der Waals surface area contributed by atoms with Gasteiger partial charge in [0.2, 0.25) is 0 Å². The maximum Gasteiger partial charge on any atom is 0.338 e. The van der Waals surface area contributed by atoms with Crippen molar-refractivity contribution in [3.05, 3.63) is 34.9 Å². The van der Waals surface area contributed by atoms with Crippen LogP contribution in [0, 0.1) is 11.3 Å². The molecule has 0 saturated carbocycles. The number of hydrogen-bond acceptors (Lipinski definition) is 4. The molecule has 1 aromatic rings. The molecular formula is C13H13NO4. The van der Waals surface area contributed by atoms with E-state index in [-0.39, 0.29) is 18.6 Å². The van der Waals surface area contributed by atoms with Crippen LogP contribution in [0.3, 0.4) is 0 Å². The first-order valence-corrected chi connectivity index (χ1v) is 5.50. The fourth-order valence-electron chi connectivity index (χ4n) is 1.54. The van der Waals surface area contributed by atoms with E-state index in [1.165, 1.54) is 18.2 Å². The van der Waals surface area contributed by atoms with Crippen molar-refractivity contribution >= 4 is 11.9 Å². The standard InChI is InChI=1S/C13H13NO4/c1-2-18-13(17)10-5-6-11(12(15)16)9(8-10)4-3-7-14/h5-6,8H,2-4H2,1H3,(H,15,16). The normalized spacial score (nSPS) is 9.56. The fourth-order valence-corrected chi connectivity index (χ4v) is 1.54. The van der Waals surface area contributed by atoms with Crippen LogP contribution in [0.15, 0.2) is 18.2 Å². The Morgan fingerprint density at radius 2 is 2.17 bits per heavy atom. The van der Waals surface area contributed by atoms with Crippen LogP contribution in [0.5, 0.6) is 0 Å². The van der Waals surface area contributed by atoms with Gasteiger partial charge in [0.15, 0.2) is 0 Å². The number of carbonyl (C=O) groups is 2. The number of aryl methyl sites for hydroxylation is 1. The molecule has 0 aromatic heterocycles. The lowest BCUT2D eigenvalue weighted by Crippen LogP contribution is -2.08. The number of nitriles is 1. The van der Waals surface area contributed by atoms with Gasteiger partial charge >= 0.3 is 11.9 Å². The molecule has 0 radical (unpaired) electrons. The lowest BCUT2D eigenvalue weighted by molar-refractivity contribution is 0.0525. The van der Waals surface area contributed by atoms with Gasteiger partial charge in [-0.05, 0) is 37.1 Å². The summed E-state index contributed by atoms with van der Waals surface area (Å²) in [7, 11) is 0. The number of ether oxygens (including phenoxy) is 1. The first kappa shape index (κ1) is 13.7. The quantitative estimate of drug-likeness (QED) is 0.804. The lowest BCUT2D eigenvalue weighted by Gasteiger charge is -2.07. The van der Waals surface area contributed by atoms with Gasteiger partial charge in [-0.3, -0.25) is 0 Å². The first-order chi connectivity index (χ1) is 8.60. The number of nitrogens with zero attached hydrogens (tertiary/aromatic N) is 1. The Morgan fingerprint density at radius 1 is 1.44 bits per heavy atom. The number of hydrogen-bond donors (Lipinski definition) is 1. The third kappa shape index (κ3) is 3.32. The molecule has 0 bridgehead atoms. The summed E-state index contributed by atoms with van der Waals surface area (Å²) < 4.78 is 4.84. The molecule has 18 heavy (non-hydrogen) atoms. The molecule has 1 rings (SSSR count). The highest BCUT2D eigenvalue weighted by molar-refractivity contribution is 5.94. The van der Waals surface area contributed by atoms with Crippen molar-refractivity contribution in [2.75, 3.05) is 6.61 Å². The number of rotatable bonds is 5. The summed E-state index contributed by atoms with van der Waals surface area (Å²) in [5.41, 5.74) is 0.877. The van der Waals surface area contributed by atoms with Gasteiger partial charge in [-0.15, -0.1) is 0 Å². The fraction of sp³-hybridized carbons (Fsp3) is 0.308. The molecule has 5 nitrogen and oxygen atoms in total. The monoisotopic (exact) mass is 247 g/mol.